The van der Waals surface area contributed by atoms with Gasteiger partial charge in [-0.1, -0.05) is 31.8 Å². The van der Waals surface area contributed by atoms with Gasteiger partial charge in [-0.25, -0.2) is 0 Å². The number of anilines is 1. The highest BCUT2D eigenvalue weighted by atomic mass is 32.1. The van der Waals surface area contributed by atoms with E-state index in [4.69, 9.17) is 17.0 Å². The van der Waals surface area contributed by atoms with Crippen molar-refractivity contribution in [3.05, 3.63) is 35.4 Å². The zero-order chi connectivity index (χ0) is 14.0. The Kier molecular flexibility index (Phi) is 4.25. The summed E-state index contributed by atoms with van der Waals surface area (Å²) in [6.45, 7) is 8.22. The number of ether oxygens (including phenoxy) is 1. The van der Waals surface area contributed by atoms with Gasteiger partial charge in [-0.15, -0.1) is 0 Å². The summed E-state index contributed by atoms with van der Waals surface area (Å²) < 4.78 is 5.37. The smallest absolute Gasteiger partial charge is 0.121 e. The van der Waals surface area contributed by atoms with Crippen molar-refractivity contribution in [2.45, 2.75) is 33.1 Å². The van der Waals surface area contributed by atoms with Gasteiger partial charge in [-0.05, 0) is 49.3 Å². The van der Waals surface area contributed by atoms with Gasteiger partial charge in [-0.3, -0.25) is 0 Å². The van der Waals surface area contributed by atoms with Crippen molar-refractivity contribution in [1.82, 2.24) is 0 Å². The number of nitrogens with one attached hydrogen (secondary N) is 1. The highest BCUT2D eigenvalue weighted by Crippen LogP contribution is 2.35. The molecule has 0 heterocycles. The lowest BCUT2D eigenvalue weighted by Crippen LogP contribution is -2.16. The van der Waals surface area contributed by atoms with E-state index in [1.54, 1.807) is 7.11 Å². The average Bonchev–Trinajstić information content (AvgIpc) is 2.37. The van der Waals surface area contributed by atoms with Crippen molar-refractivity contribution in [2.24, 2.45) is 5.92 Å². The van der Waals surface area contributed by atoms with Crippen LogP contribution in [0.4, 0.5) is 5.69 Å². The standard InChI is InChI=1S/C16H21NOS/c1-10-5-7-14-13(9-10)6-8-15(17-12(3)19)16(14)11(2)18-4/h6,8,10H,2,5,7,9H2,1,3-4H3,(H,17,19). The summed E-state index contributed by atoms with van der Waals surface area (Å²) in [5, 5.41) is 3.24. The van der Waals surface area contributed by atoms with Crippen LogP contribution in [-0.4, -0.2) is 12.1 Å². The SMILES string of the molecule is C=C(OC)c1c(NC(C)=S)ccc2c1CCC(C)C2. The molecular weight excluding hydrogens is 254 g/mol. The lowest BCUT2D eigenvalue weighted by molar-refractivity contribution is 0.370. The lowest BCUT2D eigenvalue weighted by Gasteiger charge is -2.26. The number of hydrogen-bond donors (Lipinski definition) is 1. The lowest BCUT2D eigenvalue weighted by atomic mass is 9.82. The van der Waals surface area contributed by atoms with Gasteiger partial charge in [0.05, 0.1) is 17.8 Å². The van der Waals surface area contributed by atoms with Crippen LogP contribution in [0, 0.1) is 5.92 Å². The summed E-state index contributed by atoms with van der Waals surface area (Å²) in [6.07, 6.45) is 3.44. The predicted molar refractivity (Wildman–Crippen MR) is 85.6 cm³/mol. The topological polar surface area (TPSA) is 21.3 Å². The number of benzene rings is 1. The first-order valence-electron chi connectivity index (χ1n) is 6.68. The van der Waals surface area contributed by atoms with E-state index in [9.17, 15) is 0 Å². The Morgan fingerprint density at radius 2 is 2.21 bits per heavy atom. The van der Waals surface area contributed by atoms with E-state index in [0.717, 1.165) is 35.0 Å². The molecule has 2 nitrogen and oxygen atoms in total. The Morgan fingerprint density at radius 1 is 1.47 bits per heavy atom. The molecule has 102 valence electrons. The van der Waals surface area contributed by atoms with Crippen LogP contribution in [0.15, 0.2) is 18.7 Å². The van der Waals surface area contributed by atoms with Gasteiger partial charge in [0, 0.05) is 5.56 Å². The number of rotatable bonds is 3. The van der Waals surface area contributed by atoms with Crippen molar-refractivity contribution in [3.8, 4) is 0 Å². The van der Waals surface area contributed by atoms with E-state index in [-0.39, 0.29) is 0 Å². The molecule has 1 N–H and O–H groups in total. The van der Waals surface area contributed by atoms with Crippen LogP contribution < -0.4 is 5.32 Å². The molecule has 0 radical (unpaired) electrons. The minimum absolute atomic E-state index is 0.713. The minimum atomic E-state index is 0.713. The fourth-order valence-electron chi connectivity index (χ4n) is 2.75. The second kappa shape index (κ2) is 5.74. The first-order valence-corrected chi connectivity index (χ1v) is 7.09. The highest BCUT2D eigenvalue weighted by Gasteiger charge is 2.22. The van der Waals surface area contributed by atoms with Crippen molar-refractivity contribution in [2.75, 3.05) is 12.4 Å². The van der Waals surface area contributed by atoms with Crippen LogP contribution in [-0.2, 0) is 17.6 Å². The van der Waals surface area contributed by atoms with Crippen LogP contribution >= 0.6 is 12.2 Å². The molecule has 1 aromatic rings. The second-order valence-corrected chi connectivity index (χ2v) is 5.89. The van der Waals surface area contributed by atoms with E-state index in [1.165, 1.54) is 17.5 Å². The summed E-state index contributed by atoms with van der Waals surface area (Å²) >= 11 is 5.15. The first-order chi connectivity index (χ1) is 9.02. The summed E-state index contributed by atoms with van der Waals surface area (Å²) in [4.78, 5) is 0.759. The molecule has 0 saturated heterocycles. The van der Waals surface area contributed by atoms with Crippen molar-refractivity contribution >= 4 is 28.7 Å². The van der Waals surface area contributed by atoms with Gasteiger partial charge < -0.3 is 10.1 Å². The van der Waals surface area contributed by atoms with Crippen LogP contribution in [0.25, 0.3) is 5.76 Å². The van der Waals surface area contributed by atoms with Crippen molar-refractivity contribution < 1.29 is 4.74 Å². The summed E-state index contributed by atoms with van der Waals surface area (Å²) in [7, 11) is 1.67. The largest absolute Gasteiger partial charge is 0.497 e. The molecule has 19 heavy (non-hydrogen) atoms. The first kappa shape index (κ1) is 14.1. The maximum absolute atomic E-state index is 5.37. The van der Waals surface area contributed by atoms with Gasteiger partial charge in [0.2, 0.25) is 0 Å². The predicted octanol–water partition coefficient (Wildman–Crippen LogP) is 4.19. The molecule has 0 aliphatic heterocycles. The molecule has 1 atom stereocenters. The van der Waals surface area contributed by atoms with Crippen LogP contribution in [0.3, 0.4) is 0 Å². The van der Waals surface area contributed by atoms with E-state index in [2.05, 4.69) is 31.0 Å². The van der Waals surface area contributed by atoms with Crippen molar-refractivity contribution in [1.29, 1.82) is 0 Å². The van der Waals surface area contributed by atoms with E-state index in [0.29, 0.717) is 5.76 Å². The van der Waals surface area contributed by atoms with Gasteiger partial charge in [0.1, 0.15) is 5.76 Å². The van der Waals surface area contributed by atoms with Crippen molar-refractivity contribution in [3.63, 3.8) is 0 Å². The fourth-order valence-corrected chi connectivity index (χ4v) is 2.86. The van der Waals surface area contributed by atoms with E-state index >= 15 is 0 Å². The summed E-state index contributed by atoms with van der Waals surface area (Å²) in [6, 6.07) is 4.30. The summed E-state index contributed by atoms with van der Waals surface area (Å²) in [5.41, 5.74) is 4.88. The molecule has 1 aliphatic rings. The molecule has 0 fully saturated rings. The molecule has 0 spiro atoms. The third-order valence-electron chi connectivity index (χ3n) is 3.70. The molecule has 0 bridgehead atoms. The second-order valence-electron chi connectivity index (χ2n) is 5.28. The van der Waals surface area contributed by atoms with Crippen LogP contribution in [0.2, 0.25) is 0 Å². The molecular formula is C16H21NOS. The quantitative estimate of drug-likeness (QED) is 0.660. The number of thiocarbonyl (C=S) groups is 1. The van der Waals surface area contributed by atoms with E-state index < -0.39 is 0 Å². The molecule has 2 rings (SSSR count). The van der Waals surface area contributed by atoms with Gasteiger partial charge >= 0.3 is 0 Å². The average molecular weight is 275 g/mol. The molecule has 3 heteroatoms. The Labute approximate surface area is 120 Å². The Bertz CT molecular complexity index is 522. The molecule has 0 amide bonds. The Balaban J connectivity index is 2.52. The normalized spacial score (nSPS) is 17.5. The molecule has 0 aromatic heterocycles. The van der Waals surface area contributed by atoms with Crippen LogP contribution in [0.5, 0.6) is 0 Å². The number of fused-ring (bicyclic) bond motifs is 1. The van der Waals surface area contributed by atoms with E-state index in [1.807, 2.05) is 6.92 Å². The maximum atomic E-state index is 5.37. The Morgan fingerprint density at radius 3 is 2.84 bits per heavy atom. The zero-order valence-electron chi connectivity index (χ0n) is 11.9. The minimum Gasteiger partial charge on any atom is -0.497 e. The summed E-state index contributed by atoms with van der Waals surface area (Å²) in [5.74, 6) is 1.47. The molecule has 1 unspecified atom stereocenters. The third-order valence-corrected chi connectivity index (χ3v) is 3.80. The maximum Gasteiger partial charge on any atom is 0.121 e. The molecule has 1 aromatic carbocycles. The van der Waals surface area contributed by atoms with Gasteiger partial charge in [0.25, 0.3) is 0 Å². The van der Waals surface area contributed by atoms with Gasteiger partial charge in [-0.2, -0.15) is 0 Å². The number of methoxy groups -OCH3 is 1. The van der Waals surface area contributed by atoms with Gasteiger partial charge in [0.15, 0.2) is 0 Å². The third kappa shape index (κ3) is 2.98. The molecule has 1 aliphatic carbocycles. The highest BCUT2D eigenvalue weighted by molar-refractivity contribution is 7.80. The Hall–Kier alpha value is -1.35. The number of hydrogen-bond acceptors (Lipinski definition) is 2. The van der Waals surface area contributed by atoms with Crippen LogP contribution in [0.1, 0.15) is 37.0 Å². The fraction of sp³-hybridized carbons (Fsp3) is 0.438. The molecule has 0 saturated carbocycles. The monoisotopic (exact) mass is 275 g/mol. The zero-order valence-corrected chi connectivity index (χ0v) is 12.7.